The highest BCUT2D eigenvalue weighted by molar-refractivity contribution is 6.05. The Morgan fingerprint density at radius 2 is 1.87 bits per heavy atom. The highest BCUT2D eigenvalue weighted by Gasteiger charge is 2.33. The van der Waals surface area contributed by atoms with E-state index in [0.29, 0.717) is 6.42 Å². The van der Waals surface area contributed by atoms with Crippen LogP contribution >= 0.6 is 0 Å². The molecule has 1 aliphatic heterocycles. The summed E-state index contributed by atoms with van der Waals surface area (Å²) in [6, 6.07) is 22.3. The molecular weight excluding hydrogens is 388 g/mol. The van der Waals surface area contributed by atoms with Crippen molar-refractivity contribution in [1.29, 1.82) is 0 Å². The summed E-state index contributed by atoms with van der Waals surface area (Å²) in [5, 5.41) is 8.74. The van der Waals surface area contributed by atoms with Crippen molar-refractivity contribution in [3.05, 3.63) is 96.6 Å². The van der Waals surface area contributed by atoms with Gasteiger partial charge >= 0.3 is 0 Å². The highest BCUT2D eigenvalue weighted by Crippen LogP contribution is 2.34. The van der Waals surface area contributed by atoms with E-state index in [-0.39, 0.29) is 18.5 Å². The number of benzene rings is 3. The Balaban J connectivity index is 1.49. The Kier molecular flexibility index (Phi) is 4.96. The first-order valence-corrected chi connectivity index (χ1v) is 10.2. The lowest BCUT2D eigenvalue weighted by atomic mass is 9.97. The molecule has 0 aliphatic carbocycles. The van der Waals surface area contributed by atoms with E-state index < -0.39 is 0 Å². The van der Waals surface area contributed by atoms with Gasteiger partial charge in [0, 0.05) is 18.8 Å². The predicted molar refractivity (Wildman–Crippen MR) is 120 cm³/mol. The zero-order valence-electron chi connectivity index (χ0n) is 17.2. The average molecular weight is 410 g/mol. The number of fused-ring (bicyclic) bond motifs is 1. The number of imidazole rings is 1. The molecule has 1 atom stereocenters. The molecule has 1 aromatic heterocycles. The van der Waals surface area contributed by atoms with Crippen molar-refractivity contribution >= 4 is 22.4 Å². The van der Waals surface area contributed by atoms with Crippen LogP contribution in [0.3, 0.4) is 0 Å². The lowest BCUT2D eigenvalue weighted by Gasteiger charge is -2.22. The number of hydrogen-bond donors (Lipinski definition) is 0. The number of hydrazone groups is 1. The van der Waals surface area contributed by atoms with Gasteiger partial charge in [0.25, 0.3) is 5.91 Å². The van der Waals surface area contributed by atoms with Gasteiger partial charge in [-0.15, -0.1) is 0 Å². The molecule has 0 spiro atoms. The summed E-state index contributed by atoms with van der Waals surface area (Å²) >= 11 is 0. The quantitative estimate of drug-likeness (QED) is 0.489. The Hall–Kier alpha value is -3.93. The monoisotopic (exact) mass is 410 g/mol. The molecule has 0 N–H and O–H groups in total. The van der Waals surface area contributed by atoms with Gasteiger partial charge in [0.05, 0.1) is 25.2 Å². The van der Waals surface area contributed by atoms with E-state index in [1.54, 1.807) is 35.4 Å². The topological polar surface area (TPSA) is 59.7 Å². The van der Waals surface area contributed by atoms with Gasteiger partial charge in [0.15, 0.2) is 0 Å². The fraction of sp³-hybridized carbons (Fsp3) is 0.160. The zero-order valence-corrected chi connectivity index (χ0v) is 17.2. The molecule has 1 aliphatic rings. The summed E-state index contributed by atoms with van der Waals surface area (Å²) < 4.78 is 7.05. The zero-order chi connectivity index (χ0) is 21.2. The van der Waals surface area contributed by atoms with Gasteiger partial charge in [-0.05, 0) is 40.1 Å². The maximum absolute atomic E-state index is 13.2. The van der Waals surface area contributed by atoms with E-state index >= 15 is 0 Å². The molecule has 0 fully saturated rings. The van der Waals surface area contributed by atoms with E-state index in [2.05, 4.69) is 35.3 Å². The van der Waals surface area contributed by atoms with Gasteiger partial charge < -0.3 is 9.30 Å². The third kappa shape index (κ3) is 3.80. The van der Waals surface area contributed by atoms with Crippen LogP contribution in [0.25, 0.3) is 10.8 Å². The maximum atomic E-state index is 13.2. The van der Waals surface area contributed by atoms with Gasteiger partial charge in [-0.25, -0.2) is 9.99 Å². The Labute approximate surface area is 180 Å². The molecule has 1 amide bonds. The van der Waals surface area contributed by atoms with Gasteiger partial charge in [-0.1, -0.05) is 48.5 Å². The number of nitrogens with zero attached hydrogens (tertiary/aromatic N) is 4. The second-order valence-corrected chi connectivity index (χ2v) is 7.58. The average Bonchev–Trinajstić information content (AvgIpc) is 3.49. The Morgan fingerprint density at radius 3 is 2.61 bits per heavy atom. The second kappa shape index (κ2) is 8.07. The van der Waals surface area contributed by atoms with Crippen LogP contribution in [0.4, 0.5) is 0 Å². The van der Waals surface area contributed by atoms with E-state index in [9.17, 15) is 4.79 Å². The number of carbonyl (C=O) groups is 1. The Bertz CT molecular complexity index is 1250. The molecule has 0 radical (unpaired) electrons. The van der Waals surface area contributed by atoms with Crippen LogP contribution in [0.15, 0.2) is 90.6 Å². The Morgan fingerprint density at radius 1 is 1.06 bits per heavy atom. The summed E-state index contributed by atoms with van der Waals surface area (Å²) in [7, 11) is 1.65. The van der Waals surface area contributed by atoms with Crippen LogP contribution in [-0.4, -0.2) is 33.3 Å². The molecule has 0 saturated carbocycles. The molecule has 0 saturated heterocycles. The number of hydrogen-bond acceptors (Lipinski definition) is 4. The second-order valence-electron chi connectivity index (χ2n) is 7.58. The van der Waals surface area contributed by atoms with Crippen molar-refractivity contribution in [3.63, 3.8) is 0 Å². The van der Waals surface area contributed by atoms with E-state index in [4.69, 9.17) is 9.84 Å². The highest BCUT2D eigenvalue weighted by atomic mass is 16.5. The normalized spacial score (nSPS) is 15.8. The molecule has 5 rings (SSSR count). The first-order valence-electron chi connectivity index (χ1n) is 10.2. The number of amides is 1. The molecule has 3 aromatic carbocycles. The molecular formula is C25H22N4O2. The van der Waals surface area contributed by atoms with Crippen molar-refractivity contribution in [1.82, 2.24) is 14.6 Å². The number of methoxy groups -OCH3 is 1. The van der Waals surface area contributed by atoms with Crippen LogP contribution in [0, 0.1) is 0 Å². The molecule has 2 heterocycles. The minimum Gasteiger partial charge on any atom is -0.497 e. The fourth-order valence-electron chi connectivity index (χ4n) is 3.98. The molecule has 6 nitrogen and oxygen atoms in total. The molecule has 0 unspecified atom stereocenters. The molecule has 4 aromatic rings. The first kappa shape index (κ1) is 19.1. The van der Waals surface area contributed by atoms with Crippen LogP contribution < -0.4 is 4.74 Å². The molecule has 0 bridgehead atoms. The number of carbonyl (C=O) groups excluding carboxylic acids is 1. The maximum Gasteiger partial charge on any atom is 0.263 e. The van der Waals surface area contributed by atoms with Crippen LogP contribution in [0.1, 0.15) is 23.6 Å². The van der Waals surface area contributed by atoms with Crippen molar-refractivity contribution in [3.8, 4) is 5.75 Å². The van der Waals surface area contributed by atoms with Crippen molar-refractivity contribution in [2.45, 2.75) is 19.0 Å². The van der Waals surface area contributed by atoms with Crippen LogP contribution in [0.2, 0.25) is 0 Å². The van der Waals surface area contributed by atoms with Gasteiger partial charge in [0.1, 0.15) is 12.3 Å². The van der Waals surface area contributed by atoms with Crippen molar-refractivity contribution < 1.29 is 9.53 Å². The molecule has 31 heavy (non-hydrogen) atoms. The van der Waals surface area contributed by atoms with Crippen LogP contribution in [-0.2, 0) is 11.3 Å². The van der Waals surface area contributed by atoms with Gasteiger partial charge in [-0.3, -0.25) is 4.79 Å². The number of aromatic nitrogens is 2. The first-order chi connectivity index (χ1) is 15.2. The lowest BCUT2D eigenvalue weighted by molar-refractivity contribution is -0.133. The van der Waals surface area contributed by atoms with Crippen molar-refractivity contribution in [2.24, 2.45) is 5.10 Å². The van der Waals surface area contributed by atoms with Crippen molar-refractivity contribution in [2.75, 3.05) is 7.11 Å². The standard InChI is InChI=1S/C25H22N4O2/c1-31-22-10-8-19(9-11-22)24-15-23(21-7-6-18-4-2-3-5-20(18)14-21)27-29(24)25(30)16-28-13-12-26-17-28/h2-14,17,24H,15-16H2,1H3/t24-/m0/s1. The van der Waals surface area contributed by atoms with Gasteiger partial charge in [-0.2, -0.15) is 5.10 Å². The minimum atomic E-state index is -0.164. The van der Waals surface area contributed by atoms with E-state index in [0.717, 1.165) is 28.0 Å². The third-order valence-electron chi connectivity index (χ3n) is 5.63. The predicted octanol–water partition coefficient (Wildman–Crippen LogP) is 4.42. The fourth-order valence-corrected chi connectivity index (χ4v) is 3.98. The summed E-state index contributed by atoms with van der Waals surface area (Å²) in [5.74, 6) is 0.711. The van der Waals surface area contributed by atoms with E-state index in [1.807, 2.05) is 36.4 Å². The molecule has 154 valence electrons. The third-order valence-corrected chi connectivity index (χ3v) is 5.63. The number of rotatable bonds is 5. The van der Waals surface area contributed by atoms with Crippen LogP contribution in [0.5, 0.6) is 5.75 Å². The lowest BCUT2D eigenvalue weighted by Crippen LogP contribution is -2.30. The van der Waals surface area contributed by atoms with Gasteiger partial charge in [0.2, 0.25) is 0 Å². The number of ether oxygens (including phenoxy) is 1. The summed E-state index contributed by atoms with van der Waals surface area (Å²) in [4.78, 5) is 17.2. The molecule has 6 heteroatoms. The summed E-state index contributed by atoms with van der Waals surface area (Å²) in [5.41, 5.74) is 2.97. The summed E-state index contributed by atoms with van der Waals surface area (Å²) in [6.45, 7) is 0.196. The minimum absolute atomic E-state index is 0.0744. The van der Waals surface area contributed by atoms with E-state index in [1.165, 1.54) is 5.39 Å². The smallest absolute Gasteiger partial charge is 0.263 e. The summed E-state index contributed by atoms with van der Waals surface area (Å²) in [6.07, 6.45) is 5.75. The SMILES string of the molecule is COc1ccc([C@@H]2CC(c3ccc4ccccc4c3)=NN2C(=O)Cn2ccnc2)cc1. The largest absolute Gasteiger partial charge is 0.497 e.